The Morgan fingerprint density at radius 1 is 1.46 bits per heavy atom. The van der Waals surface area contributed by atoms with Crippen LogP contribution < -0.4 is 0 Å². The van der Waals surface area contributed by atoms with E-state index in [0.717, 1.165) is 14.5 Å². The summed E-state index contributed by atoms with van der Waals surface area (Å²) in [6.45, 7) is 0. The first-order valence-electron chi connectivity index (χ1n) is 3.57. The lowest BCUT2D eigenvalue weighted by Gasteiger charge is -2.11. The third kappa shape index (κ3) is 2.53. The van der Waals surface area contributed by atoms with Crippen LogP contribution >= 0.6 is 31.9 Å². The molecule has 0 aliphatic rings. The number of pyridine rings is 1. The van der Waals surface area contributed by atoms with Crippen molar-refractivity contribution in [1.29, 1.82) is 0 Å². The fourth-order valence-electron chi connectivity index (χ4n) is 0.953. The smallest absolute Gasteiger partial charge is 0.0922 e. The van der Waals surface area contributed by atoms with E-state index in [1.165, 1.54) is 0 Å². The van der Waals surface area contributed by atoms with Crippen molar-refractivity contribution in [3.63, 3.8) is 0 Å². The van der Waals surface area contributed by atoms with E-state index in [4.69, 9.17) is 6.42 Å². The van der Waals surface area contributed by atoms with Crippen LogP contribution in [0.5, 0.6) is 0 Å². The Morgan fingerprint density at radius 3 is 2.46 bits per heavy atom. The molecule has 1 aromatic heterocycles. The summed E-state index contributed by atoms with van der Waals surface area (Å²) in [4.78, 5) is 3.93. The quantitative estimate of drug-likeness (QED) is 0.852. The van der Waals surface area contributed by atoms with Gasteiger partial charge in [0.15, 0.2) is 0 Å². The lowest BCUT2D eigenvalue weighted by molar-refractivity contribution is 0.182. The average Bonchev–Trinajstić information content (AvgIpc) is 2.04. The molecule has 1 aromatic rings. The highest BCUT2D eigenvalue weighted by molar-refractivity contribution is 9.11. The van der Waals surface area contributed by atoms with E-state index in [1.807, 2.05) is 0 Å². The molecule has 1 N–H and O–H groups in total. The molecule has 0 radical (unpaired) electrons. The number of nitrogens with zero attached hydrogens (tertiary/aromatic N) is 1. The van der Waals surface area contributed by atoms with Crippen LogP contribution in [0.25, 0.3) is 0 Å². The third-order valence-corrected chi connectivity index (χ3v) is 2.80. The Labute approximate surface area is 93.6 Å². The van der Waals surface area contributed by atoms with Gasteiger partial charge in [-0.1, -0.05) is 0 Å². The van der Waals surface area contributed by atoms with Gasteiger partial charge in [0.1, 0.15) is 0 Å². The van der Waals surface area contributed by atoms with Gasteiger partial charge in [-0.05, 0) is 31.9 Å². The van der Waals surface area contributed by atoms with Gasteiger partial charge in [-0.15, -0.1) is 12.3 Å². The van der Waals surface area contributed by atoms with Gasteiger partial charge < -0.3 is 5.11 Å². The number of aromatic nitrogens is 1. The summed E-state index contributed by atoms with van der Waals surface area (Å²) in [5.74, 6) is 2.41. The number of hydrogen-bond acceptors (Lipinski definition) is 2. The van der Waals surface area contributed by atoms with Crippen molar-refractivity contribution in [3.8, 4) is 12.3 Å². The molecular formula is C9H7Br2NO. The second kappa shape index (κ2) is 4.75. The molecule has 1 heterocycles. The number of halogens is 2. The molecule has 0 fully saturated rings. The van der Waals surface area contributed by atoms with Gasteiger partial charge in [0.2, 0.25) is 0 Å². The highest BCUT2D eigenvalue weighted by Gasteiger charge is 2.13. The van der Waals surface area contributed by atoms with E-state index in [0.29, 0.717) is 6.42 Å². The number of terminal acetylenes is 1. The fraction of sp³-hybridized carbons (Fsp3) is 0.222. The first kappa shape index (κ1) is 10.7. The lowest BCUT2D eigenvalue weighted by atomic mass is 10.1. The summed E-state index contributed by atoms with van der Waals surface area (Å²) in [6, 6.07) is 0. The Hall–Kier alpha value is -0.370. The van der Waals surface area contributed by atoms with Gasteiger partial charge in [-0.25, -0.2) is 0 Å². The van der Waals surface area contributed by atoms with Crippen molar-refractivity contribution in [1.82, 2.24) is 4.98 Å². The van der Waals surface area contributed by atoms with E-state index in [-0.39, 0.29) is 0 Å². The molecule has 1 unspecified atom stereocenters. The van der Waals surface area contributed by atoms with Crippen LogP contribution in [0.2, 0.25) is 0 Å². The second-order valence-corrected chi connectivity index (χ2v) is 4.15. The summed E-state index contributed by atoms with van der Waals surface area (Å²) in [5.41, 5.74) is 0.743. The van der Waals surface area contributed by atoms with Gasteiger partial charge in [-0.2, -0.15) is 0 Å². The largest absolute Gasteiger partial charge is 0.387 e. The first-order valence-corrected chi connectivity index (χ1v) is 5.16. The molecule has 0 saturated carbocycles. The van der Waals surface area contributed by atoms with Crippen molar-refractivity contribution >= 4 is 31.9 Å². The molecule has 0 aliphatic carbocycles. The minimum atomic E-state index is -0.656. The zero-order valence-corrected chi connectivity index (χ0v) is 9.84. The van der Waals surface area contributed by atoms with Gasteiger partial charge in [0.25, 0.3) is 0 Å². The number of rotatable bonds is 2. The first-order chi connectivity index (χ1) is 6.16. The minimum absolute atomic E-state index is 0.293. The highest BCUT2D eigenvalue weighted by atomic mass is 79.9. The monoisotopic (exact) mass is 303 g/mol. The van der Waals surface area contributed by atoms with E-state index in [2.05, 4.69) is 42.8 Å². The highest BCUT2D eigenvalue weighted by Crippen LogP contribution is 2.31. The molecule has 4 heteroatoms. The Balaban J connectivity index is 3.06. The van der Waals surface area contributed by atoms with Crippen LogP contribution in [0, 0.1) is 12.3 Å². The van der Waals surface area contributed by atoms with Crippen LogP contribution in [-0.4, -0.2) is 10.1 Å². The SMILES string of the molecule is C#CCC(O)c1c(Br)cncc1Br. The normalized spacial score (nSPS) is 12.2. The Kier molecular flexibility index (Phi) is 3.91. The van der Waals surface area contributed by atoms with Crippen molar-refractivity contribution in [2.24, 2.45) is 0 Å². The maximum Gasteiger partial charge on any atom is 0.0922 e. The zero-order chi connectivity index (χ0) is 9.84. The minimum Gasteiger partial charge on any atom is -0.387 e. The van der Waals surface area contributed by atoms with Crippen LogP contribution in [0.3, 0.4) is 0 Å². The molecule has 0 bridgehead atoms. The summed E-state index contributed by atoms with van der Waals surface area (Å²) < 4.78 is 1.51. The van der Waals surface area contributed by atoms with Crippen LogP contribution in [0.15, 0.2) is 21.3 Å². The molecule has 2 nitrogen and oxygen atoms in total. The number of aliphatic hydroxyl groups excluding tert-OH is 1. The van der Waals surface area contributed by atoms with E-state index in [9.17, 15) is 5.11 Å². The molecular weight excluding hydrogens is 298 g/mol. The molecule has 13 heavy (non-hydrogen) atoms. The van der Waals surface area contributed by atoms with Crippen molar-refractivity contribution < 1.29 is 5.11 Å². The Morgan fingerprint density at radius 2 is 2.00 bits per heavy atom. The molecule has 0 amide bonds. The predicted molar refractivity (Wildman–Crippen MR) is 58.0 cm³/mol. The average molecular weight is 305 g/mol. The van der Waals surface area contributed by atoms with E-state index < -0.39 is 6.10 Å². The molecule has 1 atom stereocenters. The van der Waals surface area contributed by atoms with Crippen LogP contribution in [-0.2, 0) is 0 Å². The molecule has 0 aliphatic heterocycles. The van der Waals surface area contributed by atoms with Gasteiger partial charge in [0.05, 0.1) is 6.10 Å². The second-order valence-electron chi connectivity index (χ2n) is 2.44. The van der Waals surface area contributed by atoms with Crippen LogP contribution in [0.4, 0.5) is 0 Å². The predicted octanol–water partition coefficient (Wildman–Crippen LogP) is 2.66. The molecule has 0 saturated heterocycles. The fourth-order valence-corrected chi connectivity index (χ4v) is 2.41. The van der Waals surface area contributed by atoms with Crippen LogP contribution in [0.1, 0.15) is 18.1 Å². The standard InChI is InChI=1S/C9H7Br2NO/c1-2-3-8(13)9-6(10)4-12-5-7(9)11/h1,4-5,8,13H,3H2. The maximum absolute atomic E-state index is 9.65. The molecule has 68 valence electrons. The van der Waals surface area contributed by atoms with E-state index in [1.54, 1.807) is 12.4 Å². The number of aliphatic hydroxyl groups is 1. The van der Waals surface area contributed by atoms with Gasteiger partial charge in [0, 0.05) is 33.3 Å². The van der Waals surface area contributed by atoms with Crippen molar-refractivity contribution in [3.05, 3.63) is 26.9 Å². The van der Waals surface area contributed by atoms with Gasteiger partial charge in [-0.3, -0.25) is 4.98 Å². The zero-order valence-electron chi connectivity index (χ0n) is 6.67. The topological polar surface area (TPSA) is 33.1 Å². The van der Waals surface area contributed by atoms with Crippen molar-refractivity contribution in [2.75, 3.05) is 0 Å². The summed E-state index contributed by atoms with van der Waals surface area (Å²) >= 11 is 6.59. The lowest BCUT2D eigenvalue weighted by Crippen LogP contribution is -1.99. The number of hydrogen-bond donors (Lipinski definition) is 1. The maximum atomic E-state index is 9.65. The summed E-state index contributed by atoms with van der Waals surface area (Å²) in [5, 5.41) is 9.65. The molecule has 1 rings (SSSR count). The van der Waals surface area contributed by atoms with Gasteiger partial charge >= 0.3 is 0 Å². The molecule has 0 aromatic carbocycles. The van der Waals surface area contributed by atoms with Crippen molar-refractivity contribution in [2.45, 2.75) is 12.5 Å². The summed E-state index contributed by atoms with van der Waals surface area (Å²) in [7, 11) is 0. The molecule has 0 spiro atoms. The Bertz CT molecular complexity index is 326. The van der Waals surface area contributed by atoms with E-state index >= 15 is 0 Å². The summed E-state index contributed by atoms with van der Waals surface area (Å²) in [6.07, 6.45) is 8.00. The third-order valence-electron chi connectivity index (χ3n) is 1.53.